The van der Waals surface area contributed by atoms with Crippen LogP contribution >= 0.6 is 0 Å². The predicted octanol–water partition coefficient (Wildman–Crippen LogP) is 3.09. The summed E-state index contributed by atoms with van der Waals surface area (Å²) in [5.41, 5.74) is 0. The highest BCUT2D eigenvalue weighted by Crippen LogP contribution is 2.44. The molecule has 0 aromatic carbocycles. The maximum absolute atomic E-state index is 10.4. The van der Waals surface area contributed by atoms with Gasteiger partial charge in [0.2, 0.25) is 0 Å². The van der Waals surface area contributed by atoms with Crippen LogP contribution in [0.15, 0.2) is 0 Å². The van der Waals surface area contributed by atoms with Gasteiger partial charge in [-0.3, -0.25) is 4.79 Å². The summed E-state index contributed by atoms with van der Waals surface area (Å²) >= 11 is 0. The van der Waals surface area contributed by atoms with Crippen LogP contribution in [0.2, 0.25) is 0 Å². The van der Waals surface area contributed by atoms with Crippen molar-refractivity contribution in [2.24, 2.45) is 17.8 Å². The lowest BCUT2D eigenvalue weighted by Gasteiger charge is -2.40. The fraction of sp³-hybridized carbons (Fsp3) is 0.917. The van der Waals surface area contributed by atoms with Crippen molar-refractivity contribution >= 4 is 6.29 Å². The van der Waals surface area contributed by atoms with Crippen molar-refractivity contribution in [2.75, 3.05) is 0 Å². The zero-order valence-electron chi connectivity index (χ0n) is 8.30. The Morgan fingerprint density at radius 1 is 1.00 bits per heavy atom. The third kappa shape index (κ3) is 1.95. The van der Waals surface area contributed by atoms with E-state index in [9.17, 15) is 4.79 Å². The molecule has 2 aliphatic carbocycles. The second kappa shape index (κ2) is 4.26. The number of rotatable bonds is 2. The summed E-state index contributed by atoms with van der Waals surface area (Å²) in [6.07, 6.45) is 12.5. The summed E-state index contributed by atoms with van der Waals surface area (Å²) in [6, 6.07) is 0. The fourth-order valence-electron chi connectivity index (χ4n) is 3.43. The number of hydrogen-bond acceptors (Lipinski definition) is 1. The molecular weight excluding hydrogens is 160 g/mol. The lowest BCUT2D eigenvalue weighted by atomic mass is 9.65. The molecule has 0 aromatic heterocycles. The van der Waals surface area contributed by atoms with Gasteiger partial charge in [0, 0.05) is 6.42 Å². The molecule has 0 N–H and O–H groups in total. The first-order valence-electron chi connectivity index (χ1n) is 5.77. The van der Waals surface area contributed by atoms with Crippen LogP contribution < -0.4 is 0 Å². The first-order valence-corrected chi connectivity index (χ1v) is 5.77. The Balaban J connectivity index is 1.98. The molecule has 73 valence electrons. The predicted molar refractivity (Wildman–Crippen MR) is 53.1 cm³/mol. The minimum Gasteiger partial charge on any atom is -0.291 e. The molecule has 0 bridgehead atoms. The molecule has 1 heteroatoms. The second-order valence-electron chi connectivity index (χ2n) is 4.75. The normalized spacial score (nSPS) is 39.5. The summed E-state index contributed by atoms with van der Waals surface area (Å²) in [4.78, 5) is 10.4. The SMILES string of the molecule is O=[C]CC1CCCC2CCCCC12. The molecule has 0 aliphatic heterocycles. The van der Waals surface area contributed by atoms with Gasteiger partial charge >= 0.3 is 0 Å². The lowest BCUT2D eigenvalue weighted by molar-refractivity contribution is 0.107. The van der Waals surface area contributed by atoms with Gasteiger partial charge in [0.1, 0.15) is 0 Å². The van der Waals surface area contributed by atoms with E-state index in [2.05, 4.69) is 6.29 Å². The number of fused-ring (bicyclic) bond motifs is 1. The highest BCUT2D eigenvalue weighted by molar-refractivity contribution is 5.50. The molecule has 2 fully saturated rings. The maximum atomic E-state index is 10.4. The Kier molecular flexibility index (Phi) is 3.02. The molecule has 2 rings (SSSR count). The van der Waals surface area contributed by atoms with E-state index in [4.69, 9.17) is 0 Å². The summed E-state index contributed by atoms with van der Waals surface area (Å²) in [7, 11) is 0. The van der Waals surface area contributed by atoms with E-state index in [1.54, 1.807) is 0 Å². The molecule has 0 amide bonds. The van der Waals surface area contributed by atoms with Gasteiger partial charge in [-0.15, -0.1) is 0 Å². The first-order chi connectivity index (χ1) is 6.42. The second-order valence-corrected chi connectivity index (χ2v) is 4.75. The molecule has 0 spiro atoms. The average molecular weight is 179 g/mol. The average Bonchev–Trinajstić information content (AvgIpc) is 2.19. The molecule has 1 nitrogen and oxygen atoms in total. The van der Waals surface area contributed by atoms with Crippen LogP contribution in [0.5, 0.6) is 0 Å². The molecule has 2 saturated carbocycles. The van der Waals surface area contributed by atoms with Crippen LogP contribution in [0.4, 0.5) is 0 Å². The van der Waals surface area contributed by atoms with Crippen LogP contribution in [-0.2, 0) is 4.79 Å². The highest BCUT2D eigenvalue weighted by atomic mass is 16.1. The summed E-state index contributed by atoms with van der Waals surface area (Å²) < 4.78 is 0. The molecule has 3 atom stereocenters. The van der Waals surface area contributed by atoms with E-state index in [0.29, 0.717) is 12.3 Å². The summed E-state index contributed by atoms with van der Waals surface area (Å²) in [5.74, 6) is 2.53. The van der Waals surface area contributed by atoms with E-state index in [1.165, 1.54) is 44.9 Å². The van der Waals surface area contributed by atoms with Gasteiger partial charge in [-0.1, -0.05) is 32.1 Å². The van der Waals surface area contributed by atoms with Gasteiger partial charge in [-0.25, -0.2) is 0 Å². The summed E-state index contributed by atoms with van der Waals surface area (Å²) in [6.45, 7) is 0. The Bertz CT molecular complexity index is 174. The molecule has 0 heterocycles. The molecule has 2 aliphatic rings. The zero-order valence-corrected chi connectivity index (χ0v) is 8.30. The first kappa shape index (κ1) is 9.23. The minimum absolute atomic E-state index is 0.691. The van der Waals surface area contributed by atoms with Gasteiger partial charge in [0.05, 0.1) is 0 Å². The molecule has 1 radical (unpaired) electrons. The maximum Gasteiger partial charge on any atom is 0.198 e. The van der Waals surface area contributed by atoms with Gasteiger partial charge < -0.3 is 0 Å². The lowest BCUT2D eigenvalue weighted by Crippen LogP contribution is -2.31. The molecule has 0 aromatic rings. The van der Waals surface area contributed by atoms with Crippen molar-refractivity contribution in [2.45, 2.75) is 51.4 Å². The van der Waals surface area contributed by atoms with Crippen LogP contribution in [0.1, 0.15) is 51.4 Å². The van der Waals surface area contributed by atoms with E-state index in [0.717, 1.165) is 11.8 Å². The van der Waals surface area contributed by atoms with E-state index < -0.39 is 0 Å². The fourth-order valence-corrected chi connectivity index (χ4v) is 3.43. The number of carbonyl (C=O) groups excluding carboxylic acids is 1. The standard InChI is InChI=1S/C12H19O/c13-9-8-11-6-3-5-10-4-1-2-7-12(10)11/h10-12H,1-8H2. The minimum atomic E-state index is 0.691. The van der Waals surface area contributed by atoms with Crippen molar-refractivity contribution in [1.82, 2.24) is 0 Å². The van der Waals surface area contributed by atoms with E-state index >= 15 is 0 Å². The quantitative estimate of drug-likeness (QED) is 0.636. The van der Waals surface area contributed by atoms with Crippen LogP contribution in [0, 0.1) is 17.8 Å². The van der Waals surface area contributed by atoms with Crippen LogP contribution in [-0.4, -0.2) is 6.29 Å². The van der Waals surface area contributed by atoms with E-state index in [-0.39, 0.29) is 0 Å². The van der Waals surface area contributed by atoms with Crippen LogP contribution in [0.25, 0.3) is 0 Å². The van der Waals surface area contributed by atoms with E-state index in [1.807, 2.05) is 0 Å². The third-order valence-electron chi connectivity index (χ3n) is 4.07. The Hall–Kier alpha value is -0.330. The van der Waals surface area contributed by atoms with Gasteiger partial charge in [-0.2, -0.15) is 0 Å². The van der Waals surface area contributed by atoms with Crippen molar-refractivity contribution in [1.29, 1.82) is 0 Å². The van der Waals surface area contributed by atoms with Gasteiger partial charge in [-0.05, 0) is 30.6 Å². The Morgan fingerprint density at radius 3 is 2.62 bits per heavy atom. The zero-order chi connectivity index (χ0) is 9.10. The van der Waals surface area contributed by atoms with Gasteiger partial charge in [0.25, 0.3) is 0 Å². The Labute approximate surface area is 80.9 Å². The smallest absolute Gasteiger partial charge is 0.198 e. The largest absolute Gasteiger partial charge is 0.291 e. The number of hydrogen-bond donors (Lipinski definition) is 0. The Morgan fingerprint density at radius 2 is 1.77 bits per heavy atom. The molecule has 13 heavy (non-hydrogen) atoms. The summed E-state index contributed by atoms with van der Waals surface area (Å²) in [5, 5.41) is 0. The van der Waals surface area contributed by atoms with Crippen LogP contribution in [0.3, 0.4) is 0 Å². The van der Waals surface area contributed by atoms with Crippen molar-refractivity contribution in [3.8, 4) is 0 Å². The molecular formula is C12H19O. The van der Waals surface area contributed by atoms with Gasteiger partial charge in [0.15, 0.2) is 6.29 Å². The third-order valence-corrected chi connectivity index (χ3v) is 4.07. The van der Waals surface area contributed by atoms with Crippen molar-refractivity contribution in [3.63, 3.8) is 0 Å². The van der Waals surface area contributed by atoms with Crippen molar-refractivity contribution in [3.05, 3.63) is 0 Å². The highest BCUT2D eigenvalue weighted by Gasteiger charge is 2.34. The molecule has 3 unspecified atom stereocenters. The van der Waals surface area contributed by atoms with Crippen molar-refractivity contribution < 1.29 is 4.79 Å². The topological polar surface area (TPSA) is 17.1 Å². The molecule has 0 saturated heterocycles. The monoisotopic (exact) mass is 179 g/mol.